The van der Waals surface area contributed by atoms with Gasteiger partial charge in [0.15, 0.2) is 0 Å². The second-order valence-corrected chi connectivity index (χ2v) is 8.81. The third kappa shape index (κ3) is 2.77. The Morgan fingerprint density at radius 1 is 0.679 bits per heavy atom. The molecule has 0 amide bonds. The van der Waals surface area contributed by atoms with Gasteiger partial charge in [-0.25, -0.2) is 0 Å². The molecule has 0 fully saturated rings. The minimum atomic E-state index is -0.594. The quantitative estimate of drug-likeness (QED) is 0.655. The summed E-state index contributed by atoms with van der Waals surface area (Å²) in [7, 11) is 0. The Balaban J connectivity index is 2.38. The van der Waals surface area contributed by atoms with E-state index in [2.05, 4.69) is 0 Å². The van der Waals surface area contributed by atoms with Gasteiger partial charge in [0, 0.05) is 12.1 Å². The fraction of sp³-hybridized carbons (Fsp3) is 0.545. The van der Waals surface area contributed by atoms with Crippen LogP contribution in [0.4, 0.5) is 0 Å². The van der Waals surface area contributed by atoms with Crippen LogP contribution in [0, 0.1) is 5.41 Å². The first kappa shape index (κ1) is 20.2. The zero-order chi connectivity index (χ0) is 21.0. The lowest BCUT2D eigenvalue weighted by Crippen LogP contribution is -2.42. The lowest BCUT2D eigenvalue weighted by molar-refractivity contribution is 0.282. The molecule has 0 radical (unpaired) electrons. The second kappa shape index (κ2) is 6.54. The minimum absolute atomic E-state index is 0.206. The van der Waals surface area contributed by atoms with Gasteiger partial charge in [-0.15, -0.1) is 0 Å². The van der Waals surface area contributed by atoms with Gasteiger partial charge < -0.3 is 0 Å². The number of rotatable bonds is 6. The highest BCUT2D eigenvalue weighted by molar-refractivity contribution is 5.97. The van der Waals surface area contributed by atoms with Crippen LogP contribution in [0.1, 0.15) is 60.8 Å². The molecule has 3 aromatic rings. The lowest BCUT2D eigenvalue weighted by Gasteiger charge is -2.27. The molecule has 2 heterocycles. The third-order valence-corrected chi connectivity index (χ3v) is 6.58. The van der Waals surface area contributed by atoms with Crippen LogP contribution in [0.5, 0.6) is 0 Å². The zero-order valence-electron chi connectivity index (χ0n) is 17.5. The first-order chi connectivity index (χ1) is 13.0. The number of aromatic nitrogens is 2. The van der Waals surface area contributed by atoms with Crippen LogP contribution in [-0.2, 0) is 12.1 Å². The predicted octanol–water partition coefficient (Wildman–Crippen LogP) is 2.88. The molecule has 0 bridgehead atoms. The monoisotopic (exact) mass is 384 g/mol. The standard InChI is InChI=1S/C22H28N2O4/c1-7-21(4,5)12-23-17(25)13-10-15-16(11-14(13)18(23)26)20(28)24(19(15)27)22(6,8-2)9-3/h10-11H,7-9,12H2,1-6H3. The smallest absolute Gasteiger partial charge is 0.262 e. The summed E-state index contributed by atoms with van der Waals surface area (Å²) >= 11 is 0. The topological polar surface area (TPSA) is 78.1 Å². The van der Waals surface area contributed by atoms with Crippen molar-refractivity contribution in [1.29, 1.82) is 0 Å². The first-order valence-corrected chi connectivity index (χ1v) is 9.94. The average molecular weight is 384 g/mol. The Kier molecular flexibility index (Phi) is 4.72. The number of benzene rings is 1. The van der Waals surface area contributed by atoms with Crippen molar-refractivity contribution in [3.63, 3.8) is 0 Å². The van der Waals surface area contributed by atoms with E-state index in [9.17, 15) is 19.2 Å². The maximum absolute atomic E-state index is 13.0. The number of nitrogens with zero attached hydrogens (tertiary/aromatic N) is 2. The Bertz CT molecular complexity index is 1180. The highest BCUT2D eigenvalue weighted by atomic mass is 16.2. The summed E-state index contributed by atoms with van der Waals surface area (Å²) in [6.07, 6.45) is 2.08. The van der Waals surface area contributed by atoms with Gasteiger partial charge in [-0.05, 0) is 43.7 Å². The van der Waals surface area contributed by atoms with Crippen molar-refractivity contribution in [2.75, 3.05) is 0 Å². The molecule has 0 unspecified atom stereocenters. The summed E-state index contributed by atoms with van der Waals surface area (Å²) in [6, 6.07) is 2.88. The van der Waals surface area contributed by atoms with Crippen molar-refractivity contribution >= 4 is 21.5 Å². The van der Waals surface area contributed by atoms with Crippen LogP contribution >= 0.6 is 0 Å². The van der Waals surface area contributed by atoms with Crippen LogP contribution < -0.4 is 22.2 Å². The van der Waals surface area contributed by atoms with Gasteiger partial charge in [-0.3, -0.25) is 28.3 Å². The summed E-state index contributed by atoms with van der Waals surface area (Å²) in [4.78, 5) is 51.8. The van der Waals surface area contributed by atoms with Gasteiger partial charge in [-0.1, -0.05) is 34.6 Å². The Labute approximate surface area is 163 Å². The molecule has 0 saturated heterocycles. The summed E-state index contributed by atoms with van der Waals surface area (Å²) < 4.78 is 2.53. The molecular weight excluding hydrogens is 356 g/mol. The molecule has 0 aliphatic heterocycles. The summed E-state index contributed by atoms with van der Waals surface area (Å²) in [5.41, 5.74) is -2.36. The maximum Gasteiger partial charge on any atom is 0.262 e. The van der Waals surface area contributed by atoms with Crippen molar-refractivity contribution in [2.24, 2.45) is 5.41 Å². The molecule has 2 aromatic heterocycles. The molecule has 1 aromatic carbocycles. The van der Waals surface area contributed by atoms with E-state index in [0.717, 1.165) is 6.42 Å². The third-order valence-electron chi connectivity index (χ3n) is 6.58. The van der Waals surface area contributed by atoms with Gasteiger partial charge >= 0.3 is 0 Å². The van der Waals surface area contributed by atoms with Gasteiger partial charge in [0.05, 0.1) is 21.5 Å². The maximum atomic E-state index is 13.0. The SMILES string of the molecule is CCC(C)(C)Cn1c(=O)c2cc3c(=O)n(C(C)(CC)CC)c(=O)c3cc2c1=O. The van der Waals surface area contributed by atoms with Crippen LogP contribution in [0.25, 0.3) is 21.5 Å². The molecule has 0 saturated carbocycles. The van der Waals surface area contributed by atoms with Crippen LogP contribution in [0.2, 0.25) is 0 Å². The predicted molar refractivity (Wildman–Crippen MR) is 113 cm³/mol. The highest BCUT2D eigenvalue weighted by Crippen LogP contribution is 2.25. The fourth-order valence-corrected chi connectivity index (χ4v) is 3.76. The van der Waals surface area contributed by atoms with Crippen molar-refractivity contribution in [3.8, 4) is 0 Å². The fourth-order valence-electron chi connectivity index (χ4n) is 3.76. The molecule has 0 aliphatic rings. The van der Waals surface area contributed by atoms with Crippen LogP contribution in [0.3, 0.4) is 0 Å². The first-order valence-electron chi connectivity index (χ1n) is 9.94. The van der Waals surface area contributed by atoms with E-state index in [1.807, 2.05) is 41.5 Å². The van der Waals surface area contributed by atoms with E-state index in [1.54, 1.807) is 0 Å². The molecule has 6 heteroatoms. The zero-order valence-corrected chi connectivity index (χ0v) is 17.5. The summed E-state index contributed by atoms with van der Waals surface area (Å²) in [5, 5.41) is 0.867. The molecule has 0 spiro atoms. The Morgan fingerprint density at radius 3 is 1.43 bits per heavy atom. The van der Waals surface area contributed by atoms with E-state index in [0.29, 0.717) is 19.4 Å². The van der Waals surface area contributed by atoms with E-state index in [-0.39, 0.29) is 38.1 Å². The van der Waals surface area contributed by atoms with Crippen molar-refractivity contribution in [2.45, 2.75) is 72.9 Å². The van der Waals surface area contributed by atoms with E-state index < -0.39 is 16.7 Å². The Hall–Kier alpha value is -2.50. The van der Waals surface area contributed by atoms with Gasteiger partial charge in [0.2, 0.25) is 0 Å². The minimum Gasteiger partial charge on any atom is -0.274 e. The number of hydrogen-bond donors (Lipinski definition) is 0. The molecule has 3 rings (SSSR count). The number of fused-ring (bicyclic) bond motifs is 2. The summed E-state index contributed by atoms with van der Waals surface area (Å²) in [5.74, 6) is 0. The van der Waals surface area contributed by atoms with E-state index in [4.69, 9.17) is 0 Å². The highest BCUT2D eigenvalue weighted by Gasteiger charge is 2.29. The average Bonchev–Trinajstić information content (AvgIpc) is 3.06. The summed E-state index contributed by atoms with van der Waals surface area (Å²) in [6.45, 7) is 12.1. The van der Waals surface area contributed by atoms with Crippen LogP contribution in [-0.4, -0.2) is 9.13 Å². The second-order valence-electron chi connectivity index (χ2n) is 8.81. The van der Waals surface area contributed by atoms with Crippen molar-refractivity contribution < 1.29 is 0 Å². The van der Waals surface area contributed by atoms with Crippen molar-refractivity contribution in [3.05, 3.63) is 53.5 Å². The molecule has 0 atom stereocenters. The molecular formula is C22H28N2O4. The van der Waals surface area contributed by atoms with E-state index in [1.165, 1.54) is 21.3 Å². The van der Waals surface area contributed by atoms with Gasteiger partial charge in [0.1, 0.15) is 0 Å². The van der Waals surface area contributed by atoms with Crippen molar-refractivity contribution in [1.82, 2.24) is 9.13 Å². The largest absolute Gasteiger partial charge is 0.274 e. The molecule has 6 nitrogen and oxygen atoms in total. The molecule has 0 aliphatic carbocycles. The van der Waals surface area contributed by atoms with E-state index >= 15 is 0 Å². The normalized spacial score (nSPS) is 13.1. The van der Waals surface area contributed by atoms with Gasteiger partial charge in [-0.2, -0.15) is 0 Å². The Morgan fingerprint density at radius 2 is 1.07 bits per heavy atom. The van der Waals surface area contributed by atoms with Gasteiger partial charge in [0.25, 0.3) is 22.2 Å². The number of hydrogen-bond acceptors (Lipinski definition) is 4. The van der Waals surface area contributed by atoms with Crippen LogP contribution in [0.15, 0.2) is 31.3 Å². The molecule has 150 valence electrons. The lowest BCUT2D eigenvalue weighted by atomic mass is 9.90. The molecule has 28 heavy (non-hydrogen) atoms. The molecule has 0 N–H and O–H groups in total.